The third-order valence-corrected chi connectivity index (χ3v) is 15.2. The van der Waals surface area contributed by atoms with Gasteiger partial charge in [-0.05, 0) is 105 Å². The van der Waals surface area contributed by atoms with Crippen molar-refractivity contribution in [2.75, 3.05) is 4.81 Å². The van der Waals surface area contributed by atoms with Crippen molar-refractivity contribution < 1.29 is 8.83 Å². The van der Waals surface area contributed by atoms with Gasteiger partial charge in [0, 0.05) is 75.1 Å². The van der Waals surface area contributed by atoms with Gasteiger partial charge in [-0.15, -0.1) is 11.3 Å². The first-order valence-corrected chi connectivity index (χ1v) is 22.6. The fourth-order valence-electron chi connectivity index (χ4n) is 11.0. The standard InChI is InChI=1S/C56H41BN2O2S/c1-55(2,3)30-15-18-32(19-16-30)59-45-29-52-42(35-20-17-31(56(4,5)6)23-51(35)62-52)24-38(45)36-21-22-37-39-27-49-40(33-11-7-9-13-47(33)60-49)25-44(39)58-46-26-41-34-12-8-10-14-48(34)61-50(41)28-43(46)57(59)53(36)54(37)58/h7-29H,1-6H3. The number of thiophene rings is 1. The predicted molar refractivity (Wildman–Crippen MR) is 265 cm³/mol. The molecule has 4 aromatic heterocycles. The van der Waals surface area contributed by atoms with Gasteiger partial charge in [0.2, 0.25) is 0 Å². The number of anilines is 2. The zero-order chi connectivity index (χ0) is 41.6. The number of hydrogen-bond acceptors (Lipinski definition) is 4. The second-order valence-corrected chi connectivity index (χ2v) is 20.8. The normalized spacial score (nSPS) is 13.9. The SMILES string of the molecule is CC(C)(C)c1ccc(N2B3c4cc5oc6ccccc6c5cc4-n4c5cc6c(cc5c5ccc(c3c54)-c3cc4c(cc32)sc2cc(C(C)(C)C)ccc24)oc2ccccc26)cc1. The lowest BCUT2D eigenvalue weighted by Gasteiger charge is -2.42. The van der Waals surface area contributed by atoms with Crippen LogP contribution in [0.5, 0.6) is 0 Å². The Morgan fingerprint density at radius 2 is 1.11 bits per heavy atom. The number of nitrogens with zero attached hydrogens (tertiary/aromatic N) is 2. The molecule has 0 atom stereocenters. The Kier molecular flexibility index (Phi) is 6.52. The summed E-state index contributed by atoms with van der Waals surface area (Å²) < 4.78 is 18.5. The highest BCUT2D eigenvalue weighted by atomic mass is 32.1. The summed E-state index contributed by atoms with van der Waals surface area (Å²) in [4.78, 5) is 2.64. The lowest BCUT2D eigenvalue weighted by Crippen LogP contribution is -2.60. The smallest absolute Gasteiger partial charge is 0.333 e. The topological polar surface area (TPSA) is 34.5 Å². The molecule has 0 N–H and O–H groups in total. The zero-order valence-corrected chi connectivity index (χ0v) is 36.3. The van der Waals surface area contributed by atoms with Crippen LogP contribution in [0.1, 0.15) is 52.7 Å². The van der Waals surface area contributed by atoms with Gasteiger partial charge in [-0.1, -0.05) is 114 Å². The minimum atomic E-state index is -0.130. The van der Waals surface area contributed by atoms with Gasteiger partial charge >= 0.3 is 6.85 Å². The molecular formula is C56H41BN2O2S. The van der Waals surface area contributed by atoms with E-state index in [2.05, 4.69) is 190 Å². The molecule has 296 valence electrons. The number of hydrogen-bond donors (Lipinski definition) is 0. The lowest BCUT2D eigenvalue weighted by atomic mass is 9.44. The maximum atomic E-state index is 6.74. The van der Waals surface area contributed by atoms with Crippen molar-refractivity contribution >= 4 is 126 Å². The van der Waals surface area contributed by atoms with Crippen LogP contribution in [0.25, 0.3) is 103 Å². The fourth-order valence-corrected chi connectivity index (χ4v) is 12.1. The van der Waals surface area contributed by atoms with E-state index in [-0.39, 0.29) is 17.7 Å². The third-order valence-electron chi connectivity index (χ3n) is 14.1. The van der Waals surface area contributed by atoms with E-state index in [1.54, 1.807) is 0 Å². The molecule has 6 heterocycles. The molecule has 0 bridgehead atoms. The van der Waals surface area contributed by atoms with Crippen LogP contribution in [-0.2, 0) is 10.8 Å². The molecule has 14 rings (SSSR count). The number of rotatable bonds is 1. The summed E-state index contributed by atoms with van der Waals surface area (Å²) in [5.41, 5.74) is 17.5. The molecule has 0 spiro atoms. The molecule has 0 fully saturated rings. The van der Waals surface area contributed by atoms with E-state index in [0.717, 1.165) is 43.9 Å². The maximum absolute atomic E-state index is 6.74. The molecule has 0 radical (unpaired) electrons. The van der Waals surface area contributed by atoms with E-state index < -0.39 is 0 Å². The van der Waals surface area contributed by atoms with Gasteiger partial charge in [-0.2, -0.15) is 0 Å². The lowest BCUT2D eigenvalue weighted by molar-refractivity contribution is 0.590. The first-order valence-electron chi connectivity index (χ1n) is 21.8. The van der Waals surface area contributed by atoms with Gasteiger partial charge in [0.05, 0.1) is 11.0 Å². The van der Waals surface area contributed by atoms with E-state index >= 15 is 0 Å². The van der Waals surface area contributed by atoms with E-state index in [4.69, 9.17) is 8.83 Å². The first-order chi connectivity index (χ1) is 30.0. The van der Waals surface area contributed by atoms with Crippen molar-refractivity contribution in [2.24, 2.45) is 0 Å². The second-order valence-electron chi connectivity index (χ2n) is 19.7. The van der Waals surface area contributed by atoms with Crippen molar-refractivity contribution in [1.29, 1.82) is 0 Å². The average Bonchev–Trinajstić information content (AvgIpc) is 4.01. The summed E-state index contributed by atoms with van der Waals surface area (Å²) in [6, 6.07) is 52.5. The molecule has 2 aliphatic heterocycles. The Bertz CT molecular complexity index is 3960. The van der Waals surface area contributed by atoms with Crippen LogP contribution in [0, 0.1) is 0 Å². The molecule has 2 aliphatic rings. The molecule has 8 aromatic carbocycles. The molecule has 0 unspecified atom stereocenters. The molecular weight excluding hydrogens is 776 g/mol. The van der Waals surface area contributed by atoms with Crippen molar-refractivity contribution in [2.45, 2.75) is 52.4 Å². The highest BCUT2D eigenvalue weighted by Crippen LogP contribution is 2.50. The summed E-state index contributed by atoms with van der Waals surface area (Å²) in [5, 5.41) is 9.58. The Morgan fingerprint density at radius 1 is 0.468 bits per heavy atom. The molecule has 4 nitrogen and oxygen atoms in total. The van der Waals surface area contributed by atoms with Crippen LogP contribution in [-0.4, -0.2) is 11.4 Å². The van der Waals surface area contributed by atoms with E-state index in [1.807, 2.05) is 11.3 Å². The van der Waals surface area contributed by atoms with E-state index in [9.17, 15) is 0 Å². The Balaban J connectivity index is 1.15. The molecule has 0 amide bonds. The van der Waals surface area contributed by atoms with Gasteiger partial charge in [0.1, 0.15) is 22.3 Å². The summed E-state index contributed by atoms with van der Waals surface area (Å²) >= 11 is 1.91. The van der Waals surface area contributed by atoms with E-state index in [1.165, 1.54) is 92.2 Å². The predicted octanol–water partition coefficient (Wildman–Crippen LogP) is 14.8. The first kappa shape index (κ1) is 34.9. The van der Waals surface area contributed by atoms with Crippen LogP contribution in [0.2, 0.25) is 0 Å². The van der Waals surface area contributed by atoms with Crippen LogP contribution >= 0.6 is 11.3 Å². The highest BCUT2D eigenvalue weighted by Gasteiger charge is 2.45. The Hall–Kier alpha value is -6.76. The summed E-state index contributed by atoms with van der Waals surface area (Å²) in [5.74, 6) is 0. The Morgan fingerprint density at radius 3 is 1.84 bits per heavy atom. The molecule has 62 heavy (non-hydrogen) atoms. The zero-order valence-electron chi connectivity index (χ0n) is 35.5. The van der Waals surface area contributed by atoms with Gasteiger partial charge in [-0.25, -0.2) is 0 Å². The molecule has 0 saturated carbocycles. The molecule has 0 saturated heterocycles. The van der Waals surface area contributed by atoms with Gasteiger partial charge in [-0.3, -0.25) is 0 Å². The summed E-state index contributed by atoms with van der Waals surface area (Å²) in [6.07, 6.45) is 0. The molecule has 12 aromatic rings. The largest absolute Gasteiger partial charge is 0.456 e. The Labute approximate surface area is 362 Å². The van der Waals surface area contributed by atoms with Crippen molar-refractivity contribution in [3.63, 3.8) is 0 Å². The van der Waals surface area contributed by atoms with E-state index in [0.29, 0.717) is 0 Å². The number of aromatic nitrogens is 1. The van der Waals surface area contributed by atoms with Crippen molar-refractivity contribution in [3.8, 4) is 16.8 Å². The van der Waals surface area contributed by atoms with Gasteiger partial charge in [0.25, 0.3) is 0 Å². The number of para-hydroxylation sites is 2. The summed E-state index contributed by atoms with van der Waals surface area (Å²) in [7, 11) is 0. The van der Waals surface area contributed by atoms with Crippen LogP contribution in [0.15, 0.2) is 148 Å². The van der Waals surface area contributed by atoms with Crippen LogP contribution in [0.3, 0.4) is 0 Å². The minimum absolute atomic E-state index is 0.0298. The number of fused-ring (bicyclic) bond motifs is 17. The third kappa shape index (κ3) is 4.52. The number of benzene rings is 8. The monoisotopic (exact) mass is 816 g/mol. The van der Waals surface area contributed by atoms with Crippen molar-refractivity contribution in [3.05, 3.63) is 151 Å². The van der Waals surface area contributed by atoms with Gasteiger partial charge in [0.15, 0.2) is 0 Å². The quantitative estimate of drug-likeness (QED) is 0.155. The van der Waals surface area contributed by atoms with Crippen LogP contribution in [0.4, 0.5) is 11.4 Å². The van der Waals surface area contributed by atoms with Gasteiger partial charge < -0.3 is 18.2 Å². The highest BCUT2D eigenvalue weighted by molar-refractivity contribution is 7.25. The van der Waals surface area contributed by atoms with Crippen molar-refractivity contribution in [1.82, 2.24) is 4.57 Å². The number of furan rings is 2. The average molecular weight is 817 g/mol. The fraction of sp³-hybridized carbons (Fsp3) is 0.143. The molecule has 6 heteroatoms. The molecule has 0 aliphatic carbocycles. The summed E-state index contributed by atoms with van der Waals surface area (Å²) in [6.45, 7) is 13.7. The second kappa shape index (κ2) is 11.6. The van der Waals surface area contributed by atoms with Crippen LogP contribution < -0.4 is 15.7 Å². The minimum Gasteiger partial charge on any atom is -0.456 e. The maximum Gasteiger partial charge on any atom is 0.333 e.